The summed E-state index contributed by atoms with van der Waals surface area (Å²) in [6.07, 6.45) is 3.01. The van der Waals surface area contributed by atoms with E-state index in [1.807, 2.05) is 24.0 Å². The third-order valence-electron chi connectivity index (χ3n) is 3.86. The maximum atomic E-state index is 12.5. The molecule has 5 nitrogen and oxygen atoms in total. The highest BCUT2D eigenvalue weighted by Crippen LogP contribution is 2.28. The van der Waals surface area contributed by atoms with Crippen LogP contribution in [0.15, 0.2) is 29.0 Å². The molecule has 1 aliphatic heterocycles. The van der Waals surface area contributed by atoms with Crippen LogP contribution in [0.4, 0.5) is 0 Å². The van der Waals surface area contributed by atoms with Crippen LogP contribution in [-0.2, 0) is 0 Å². The van der Waals surface area contributed by atoms with Crippen molar-refractivity contribution in [2.24, 2.45) is 0 Å². The van der Waals surface area contributed by atoms with Gasteiger partial charge in [0, 0.05) is 19.0 Å². The zero-order chi connectivity index (χ0) is 14.8. The fourth-order valence-electron chi connectivity index (χ4n) is 2.65. The number of aromatic nitrogens is 2. The fraction of sp³-hybridized carbons (Fsp3) is 0.400. The van der Waals surface area contributed by atoms with Crippen LogP contribution >= 0.6 is 11.6 Å². The molecular weight excluding hydrogens is 290 g/mol. The number of benzene rings is 1. The second-order valence-corrected chi connectivity index (χ2v) is 5.73. The molecule has 0 saturated carbocycles. The summed E-state index contributed by atoms with van der Waals surface area (Å²) >= 11 is 6.17. The molecule has 1 aromatic carbocycles. The summed E-state index contributed by atoms with van der Waals surface area (Å²) in [6.45, 7) is 3.31. The molecule has 0 atom stereocenters. The van der Waals surface area contributed by atoms with Crippen molar-refractivity contribution in [2.45, 2.75) is 25.7 Å². The molecule has 2 aromatic rings. The average molecular weight is 306 g/mol. The second-order valence-electron chi connectivity index (χ2n) is 5.33. The summed E-state index contributed by atoms with van der Waals surface area (Å²) in [5.74, 6) is 0.893. The standard InChI is InChI=1S/C15H16ClN3O2/c1-10-2-3-12(13(16)8-10)15(20)19-6-4-11(5-7-19)14-18-17-9-21-14/h2-3,8-9,11H,4-7H2,1H3. The number of amides is 1. The Morgan fingerprint density at radius 3 is 2.76 bits per heavy atom. The molecule has 1 saturated heterocycles. The quantitative estimate of drug-likeness (QED) is 0.855. The lowest BCUT2D eigenvalue weighted by Crippen LogP contribution is -2.38. The maximum absolute atomic E-state index is 12.5. The van der Waals surface area contributed by atoms with E-state index < -0.39 is 0 Å². The van der Waals surface area contributed by atoms with Crippen molar-refractivity contribution in [3.63, 3.8) is 0 Å². The molecular formula is C15H16ClN3O2. The van der Waals surface area contributed by atoms with Gasteiger partial charge >= 0.3 is 0 Å². The Hall–Kier alpha value is -1.88. The van der Waals surface area contributed by atoms with Gasteiger partial charge in [0.2, 0.25) is 12.3 Å². The van der Waals surface area contributed by atoms with Gasteiger partial charge < -0.3 is 9.32 Å². The van der Waals surface area contributed by atoms with Gasteiger partial charge in [-0.25, -0.2) is 0 Å². The number of carbonyl (C=O) groups excluding carboxylic acids is 1. The Kier molecular flexibility index (Phi) is 3.92. The number of aryl methyl sites for hydroxylation is 1. The molecule has 6 heteroatoms. The van der Waals surface area contributed by atoms with Crippen molar-refractivity contribution in [1.82, 2.24) is 15.1 Å². The molecule has 2 heterocycles. The highest BCUT2D eigenvalue weighted by atomic mass is 35.5. The molecule has 21 heavy (non-hydrogen) atoms. The first-order valence-corrected chi connectivity index (χ1v) is 7.34. The van der Waals surface area contributed by atoms with E-state index in [1.54, 1.807) is 6.07 Å². The minimum atomic E-state index is -0.0102. The van der Waals surface area contributed by atoms with Gasteiger partial charge in [-0.3, -0.25) is 4.79 Å². The molecule has 110 valence electrons. The van der Waals surface area contributed by atoms with Gasteiger partial charge in [0.05, 0.1) is 10.6 Å². The minimum absolute atomic E-state index is 0.0102. The fourth-order valence-corrected chi connectivity index (χ4v) is 2.97. The second kappa shape index (κ2) is 5.85. The summed E-state index contributed by atoms with van der Waals surface area (Å²) in [6, 6.07) is 5.52. The summed E-state index contributed by atoms with van der Waals surface area (Å²) < 4.78 is 5.24. The Labute approximate surface area is 127 Å². The third-order valence-corrected chi connectivity index (χ3v) is 4.18. The van der Waals surface area contributed by atoms with Crippen LogP contribution in [0.3, 0.4) is 0 Å². The van der Waals surface area contributed by atoms with Gasteiger partial charge in [-0.2, -0.15) is 0 Å². The molecule has 0 aliphatic carbocycles. The van der Waals surface area contributed by atoms with Crippen LogP contribution in [0.25, 0.3) is 0 Å². The van der Waals surface area contributed by atoms with E-state index in [9.17, 15) is 4.79 Å². The number of halogens is 1. The predicted octanol–water partition coefficient (Wildman–Crippen LogP) is 3.05. The molecule has 3 rings (SSSR count). The van der Waals surface area contributed by atoms with Gasteiger partial charge in [0.1, 0.15) is 0 Å². The maximum Gasteiger partial charge on any atom is 0.255 e. The zero-order valence-electron chi connectivity index (χ0n) is 11.8. The highest BCUT2D eigenvalue weighted by Gasteiger charge is 2.27. The van der Waals surface area contributed by atoms with Crippen molar-refractivity contribution in [3.8, 4) is 0 Å². The Morgan fingerprint density at radius 2 is 2.14 bits per heavy atom. The molecule has 0 bridgehead atoms. The first-order valence-electron chi connectivity index (χ1n) is 6.96. The lowest BCUT2D eigenvalue weighted by atomic mass is 9.96. The molecule has 1 aliphatic rings. The number of rotatable bonds is 2. The van der Waals surface area contributed by atoms with Crippen LogP contribution in [0.5, 0.6) is 0 Å². The highest BCUT2D eigenvalue weighted by molar-refractivity contribution is 6.33. The number of carbonyl (C=O) groups is 1. The summed E-state index contributed by atoms with van der Waals surface area (Å²) in [5.41, 5.74) is 1.62. The van der Waals surface area contributed by atoms with E-state index in [0.717, 1.165) is 18.4 Å². The minimum Gasteiger partial charge on any atom is -0.428 e. The predicted molar refractivity (Wildman–Crippen MR) is 78.4 cm³/mol. The smallest absolute Gasteiger partial charge is 0.255 e. The van der Waals surface area contributed by atoms with Gasteiger partial charge in [-0.15, -0.1) is 10.2 Å². The van der Waals surface area contributed by atoms with Crippen LogP contribution in [0, 0.1) is 6.92 Å². The van der Waals surface area contributed by atoms with E-state index in [4.69, 9.17) is 16.0 Å². The number of piperidine rings is 1. The van der Waals surface area contributed by atoms with Crippen LogP contribution < -0.4 is 0 Å². The molecule has 0 spiro atoms. The van der Waals surface area contributed by atoms with Crippen molar-refractivity contribution in [2.75, 3.05) is 13.1 Å². The first-order chi connectivity index (χ1) is 10.1. The largest absolute Gasteiger partial charge is 0.428 e. The van der Waals surface area contributed by atoms with E-state index in [-0.39, 0.29) is 11.8 Å². The van der Waals surface area contributed by atoms with Crippen LogP contribution in [0.2, 0.25) is 5.02 Å². The first kappa shape index (κ1) is 14.1. The van der Waals surface area contributed by atoms with E-state index in [0.29, 0.717) is 29.6 Å². The summed E-state index contributed by atoms with van der Waals surface area (Å²) in [7, 11) is 0. The molecule has 0 unspecified atom stereocenters. The molecule has 0 radical (unpaired) electrons. The topological polar surface area (TPSA) is 59.2 Å². The van der Waals surface area contributed by atoms with E-state index in [1.165, 1.54) is 6.39 Å². The molecule has 1 amide bonds. The summed E-state index contributed by atoms with van der Waals surface area (Å²) in [4.78, 5) is 14.4. The lowest BCUT2D eigenvalue weighted by Gasteiger charge is -2.30. The number of likely N-dealkylation sites (tertiary alicyclic amines) is 1. The van der Waals surface area contributed by atoms with Crippen molar-refractivity contribution < 1.29 is 9.21 Å². The van der Waals surface area contributed by atoms with Crippen LogP contribution in [-0.4, -0.2) is 34.1 Å². The number of nitrogens with zero attached hydrogens (tertiary/aromatic N) is 3. The SMILES string of the molecule is Cc1ccc(C(=O)N2CCC(c3nnco3)CC2)c(Cl)c1. The van der Waals surface area contributed by atoms with Gasteiger partial charge in [-0.05, 0) is 37.5 Å². The number of hydrogen-bond donors (Lipinski definition) is 0. The average Bonchev–Trinajstić information content (AvgIpc) is 3.01. The van der Waals surface area contributed by atoms with Gasteiger partial charge in [-0.1, -0.05) is 17.7 Å². The van der Waals surface area contributed by atoms with Gasteiger partial charge in [0.25, 0.3) is 5.91 Å². The van der Waals surface area contributed by atoms with E-state index >= 15 is 0 Å². The van der Waals surface area contributed by atoms with Crippen molar-refractivity contribution in [1.29, 1.82) is 0 Å². The van der Waals surface area contributed by atoms with E-state index in [2.05, 4.69) is 10.2 Å². The van der Waals surface area contributed by atoms with Crippen molar-refractivity contribution in [3.05, 3.63) is 46.6 Å². The Morgan fingerprint density at radius 1 is 1.38 bits per heavy atom. The van der Waals surface area contributed by atoms with Crippen molar-refractivity contribution >= 4 is 17.5 Å². The summed E-state index contributed by atoms with van der Waals surface area (Å²) in [5, 5.41) is 8.17. The third kappa shape index (κ3) is 2.93. The molecule has 1 fully saturated rings. The zero-order valence-corrected chi connectivity index (χ0v) is 12.5. The van der Waals surface area contributed by atoms with Crippen LogP contribution in [0.1, 0.15) is 40.6 Å². The normalized spacial score (nSPS) is 16.2. The Balaban J connectivity index is 1.67. The molecule has 1 aromatic heterocycles. The molecule has 0 N–H and O–H groups in total. The van der Waals surface area contributed by atoms with Gasteiger partial charge in [0.15, 0.2) is 0 Å². The number of hydrogen-bond acceptors (Lipinski definition) is 4. The monoisotopic (exact) mass is 305 g/mol. The Bertz CT molecular complexity index is 634. The lowest BCUT2D eigenvalue weighted by molar-refractivity contribution is 0.0706.